The summed E-state index contributed by atoms with van der Waals surface area (Å²) in [6, 6.07) is 22.8. The molecule has 0 saturated carbocycles. The van der Waals surface area contributed by atoms with Crippen LogP contribution in [0.2, 0.25) is 19.6 Å². The van der Waals surface area contributed by atoms with Crippen LogP contribution in [0.3, 0.4) is 0 Å². The van der Waals surface area contributed by atoms with Crippen LogP contribution in [0.4, 0.5) is 0 Å². The molecule has 0 spiro atoms. The van der Waals surface area contributed by atoms with E-state index in [1.807, 2.05) is 72.8 Å². The summed E-state index contributed by atoms with van der Waals surface area (Å²) in [5.41, 5.74) is 2.85. The zero-order valence-corrected chi connectivity index (χ0v) is 22.0. The average molecular weight is 485 g/mol. The maximum absolute atomic E-state index is 14.1. The lowest BCUT2D eigenvalue weighted by Gasteiger charge is -2.45. The Labute approximate surface area is 208 Å². The molecule has 1 aliphatic carbocycles. The third kappa shape index (κ3) is 4.11. The van der Waals surface area contributed by atoms with Crippen molar-refractivity contribution in [1.29, 1.82) is 0 Å². The lowest BCUT2D eigenvalue weighted by molar-refractivity contribution is -0.147. The average Bonchev–Trinajstić information content (AvgIpc) is 3.35. The number of benzene rings is 2. The van der Waals surface area contributed by atoms with Crippen LogP contribution in [0, 0.1) is 0 Å². The molecule has 4 rings (SSSR count). The predicted octanol–water partition coefficient (Wildman–Crippen LogP) is 5.71. The molecule has 0 radical (unpaired) electrons. The fourth-order valence-electron chi connectivity index (χ4n) is 5.04. The smallest absolute Gasteiger partial charge is 0.198 e. The van der Waals surface area contributed by atoms with Crippen molar-refractivity contribution in [3.63, 3.8) is 0 Å². The molecule has 0 unspecified atom stereocenters. The Morgan fingerprint density at radius 1 is 1.03 bits per heavy atom. The number of hydrogen-bond acceptors (Lipinski definition) is 4. The first-order chi connectivity index (χ1) is 16.6. The number of rotatable bonds is 6. The summed E-state index contributed by atoms with van der Waals surface area (Å²) >= 11 is 0. The quantitative estimate of drug-likeness (QED) is 0.359. The van der Waals surface area contributed by atoms with E-state index in [0.717, 1.165) is 16.5 Å². The van der Waals surface area contributed by atoms with E-state index in [9.17, 15) is 9.90 Å². The lowest BCUT2D eigenvalue weighted by Crippen LogP contribution is -2.52. The fraction of sp³-hybridized carbons (Fsp3) is 0.267. The molecule has 0 fully saturated rings. The molecule has 1 N–H and O–H groups in total. The van der Waals surface area contributed by atoms with Gasteiger partial charge in [0, 0.05) is 30.2 Å². The highest BCUT2D eigenvalue weighted by molar-refractivity contribution is 6.87. The van der Waals surface area contributed by atoms with Crippen molar-refractivity contribution in [3.8, 4) is 0 Å². The van der Waals surface area contributed by atoms with Crippen LogP contribution in [0.15, 0.2) is 95.1 Å². The van der Waals surface area contributed by atoms with Crippen LogP contribution < -0.4 is 5.38 Å². The maximum Gasteiger partial charge on any atom is 0.198 e. The molecule has 1 heterocycles. The Hall–Kier alpha value is -3.21. The van der Waals surface area contributed by atoms with E-state index < -0.39 is 19.3 Å². The van der Waals surface area contributed by atoms with Crippen LogP contribution in [-0.2, 0) is 15.1 Å². The van der Waals surface area contributed by atoms with Crippen molar-refractivity contribution in [2.24, 2.45) is 0 Å². The second kappa shape index (κ2) is 9.10. The molecule has 5 heteroatoms. The van der Waals surface area contributed by atoms with Gasteiger partial charge in [-0.15, -0.1) is 5.73 Å². The SMILES string of the molecule is C=C=C(c1ccccc1)[C@]1(O)C[C@](OC)(c2ccc([Si](C)(C)C)o2)C(=O)C(C)=C1c1ccccc1. The number of aliphatic hydroxyl groups is 1. The number of furan rings is 1. The van der Waals surface area contributed by atoms with Crippen molar-refractivity contribution in [2.75, 3.05) is 7.11 Å². The maximum atomic E-state index is 14.1. The van der Waals surface area contributed by atoms with Gasteiger partial charge in [0.05, 0.1) is 5.38 Å². The molecule has 0 saturated heterocycles. The van der Waals surface area contributed by atoms with Crippen molar-refractivity contribution in [2.45, 2.75) is 44.2 Å². The highest BCUT2D eigenvalue weighted by atomic mass is 28.3. The summed E-state index contributed by atoms with van der Waals surface area (Å²) in [5, 5.41) is 13.5. The van der Waals surface area contributed by atoms with Gasteiger partial charge < -0.3 is 14.3 Å². The molecule has 4 nitrogen and oxygen atoms in total. The Balaban J connectivity index is 2.02. The molecule has 3 aromatic rings. The molecule has 2 atom stereocenters. The van der Waals surface area contributed by atoms with Gasteiger partial charge in [-0.2, -0.15) is 0 Å². The first-order valence-electron chi connectivity index (χ1n) is 11.7. The van der Waals surface area contributed by atoms with E-state index in [4.69, 9.17) is 9.15 Å². The largest absolute Gasteiger partial charge is 0.468 e. The zero-order valence-electron chi connectivity index (χ0n) is 21.0. The van der Waals surface area contributed by atoms with E-state index in [1.165, 1.54) is 7.11 Å². The number of methoxy groups -OCH3 is 1. The molecule has 180 valence electrons. The van der Waals surface area contributed by atoms with Gasteiger partial charge in [-0.3, -0.25) is 4.79 Å². The summed E-state index contributed by atoms with van der Waals surface area (Å²) < 4.78 is 12.3. The molecule has 1 aliphatic rings. The molecule has 0 amide bonds. The Morgan fingerprint density at radius 2 is 1.63 bits per heavy atom. The van der Waals surface area contributed by atoms with Crippen LogP contribution in [0.5, 0.6) is 0 Å². The summed E-state index contributed by atoms with van der Waals surface area (Å²) in [7, 11) is -0.284. The molecule has 2 aromatic carbocycles. The summed E-state index contributed by atoms with van der Waals surface area (Å²) in [6.45, 7) is 12.2. The number of ketones is 1. The molecular formula is C30H32O4Si. The molecule has 0 bridgehead atoms. The third-order valence-electron chi connectivity index (χ3n) is 6.81. The Morgan fingerprint density at radius 3 is 2.14 bits per heavy atom. The summed E-state index contributed by atoms with van der Waals surface area (Å²) in [5.74, 6) is 0.181. The Bertz CT molecular complexity index is 1320. The predicted molar refractivity (Wildman–Crippen MR) is 143 cm³/mol. The second-order valence-corrected chi connectivity index (χ2v) is 15.1. The number of carbonyl (C=O) groups is 1. The first-order valence-corrected chi connectivity index (χ1v) is 15.2. The van der Waals surface area contributed by atoms with Gasteiger partial charge in [-0.25, -0.2) is 0 Å². The number of Topliss-reactive ketones (excluding diaryl/α,β-unsaturated/α-hetero) is 1. The van der Waals surface area contributed by atoms with Crippen LogP contribution >= 0.6 is 0 Å². The summed E-state index contributed by atoms with van der Waals surface area (Å²) in [6.07, 6.45) is -0.0672. The molecule has 1 aromatic heterocycles. The van der Waals surface area contributed by atoms with Gasteiger partial charge in [0.1, 0.15) is 19.4 Å². The van der Waals surface area contributed by atoms with Gasteiger partial charge in [-0.1, -0.05) is 86.9 Å². The van der Waals surface area contributed by atoms with E-state index in [-0.39, 0.29) is 12.2 Å². The van der Waals surface area contributed by atoms with E-state index in [0.29, 0.717) is 22.5 Å². The molecule has 35 heavy (non-hydrogen) atoms. The first kappa shape index (κ1) is 24.9. The third-order valence-corrected chi connectivity index (χ3v) is 8.55. The number of ether oxygens (including phenoxy) is 1. The highest BCUT2D eigenvalue weighted by Gasteiger charge is 2.57. The monoisotopic (exact) mass is 484 g/mol. The second-order valence-electron chi connectivity index (χ2n) is 10.1. The van der Waals surface area contributed by atoms with Crippen molar-refractivity contribution >= 4 is 30.4 Å². The van der Waals surface area contributed by atoms with Gasteiger partial charge in [0.25, 0.3) is 0 Å². The van der Waals surface area contributed by atoms with Crippen molar-refractivity contribution in [3.05, 3.63) is 108 Å². The van der Waals surface area contributed by atoms with Crippen LogP contribution in [-0.4, -0.2) is 31.7 Å². The topological polar surface area (TPSA) is 59.7 Å². The minimum absolute atomic E-state index is 0.0672. The van der Waals surface area contributed by atoms with Gasteiger partial charge in [0.2, 0.25) is 0 Å². The standard InChI is InChI=1S/C30H32O4Si/c1-7-24(22-14-10-8-11-15-22)29(32)20-30(33-3,25-18-19-26(34-25)35(4,5)6)28(31)21(2)27(29)23-16-12-9-13-17-23/h8-19,32H,1,20H2,2-6H3/t29-,30+/m1/s1. The van der Waals surface area contributed by atoms with Crippen molar-refractivity contribution in [1.82, 2.24) is 0 Å². The number of hydrogen-bond donors (Lipinski definition) is 1. The normalized spacial score (nSPS) is 22.7. The zero-order chi connectivity index (χ0) is 25.4. The molecule has 0 aliphatic heterocycles. The minimum Gasteiger partial charge on any atom is -0.468 e. The number of carbonyl (C=O) groups excluding carboxylic acids is 1. The minimum atomic E-state index is -1.78. The summed E-state index contributed by atoms with van der Waals surface area (Å²) in [4.78, 5) is 14.1. The fourth-order valence-corrected chi connectivity index (χ4v) is 6.04. The van der Waals surface area contributed by atoms with E-state index >= 15 is 0 Å². The van der Waals surface area contributed by atoms with Crippen molar-refractivity contribution < 1.29 is 19.1 Å². The van der Waals surface area contributed by atoms with Crippen LogP contribution in [0.1, 0.15) is 30.2 Å². The Kier molecular flexibility index (Phi) is 6.47. The lowest BCUT2D eigenvalue weighted by atomic mass is 9.64. The van der Waals surface area contributed by atoms with Gasteiger partial charge >= 0.3 is 0 Å². The van der Waals surface area contributed by atoms with Crippen LogP contribution in [0.25, 0.3) is 11.1 Å². The van der Waals surface area contributed by atoms with Gasteiger partial charge in [0.15, 0.2) is 11.4 Å². The van der Waals surface area contributed by atoms with Gasteiger partial charge in [-0.05, 0) is 30.2 Å². The molecular weight excluding hydrogens is 452 g/mol. The van der Waals surface area contributed by atoms with E-state index in [2.05, 4.69) is 32.0 Å². The van der Waals surface area contributed by atoms with E-state index in [1.54, 1.807) is 6.92 Å². The highest BCUT2D eigenvalue weighted by Crippen LogP contribution is 2.53.